The summed E-state index contributed by atoms with van der Waals surface area (Å²) in [6.45, 7) is 5.62. The molecule has 0 aromatic rings. The van der Waals surface area contributed by atoms with Crippen molar-refractivity contribution in [3.63, 3.8) is 0 Å². The highest BCUT2D eigenvalue weighted by Crippen LogP contribution is 1.90. The van der Waals surface area contributed by atoms with Gasteiger partial charge in [0.2, 0.25) is 5.91 Å². The molecule has 0 aliphatic rings. The molecule has 0 saturated carbocycles. The van der Waals surface area contributed by atoms with E-state index in [4.69, 9.17) is 0 Å². The number of hydrogen-bond donors (Lipinski definition) is 1. The summed E-state index contributed by atoms with van der Waals surface area (Å²) < 4.78 is 0. The van der Waals surface area contributed by atoms with Gasteiger partial charge in [-0.3, -0.25) is 4.79 Å². The third-order valence-electron chi connectivity index (χ3n) is 1.61. The van der Waals surface area contributed by atoms with E-state index in [1.165, 1.54) is 0 Å². The van der Waals surface area contributed by atoms with E-state index in [0.717, 1.165) is 19.5 Å². The molecule has 0 unspecified atom stereocenters. The van der Waals surface area contributed by atoms with Crippen molar-refractivity contribution >= 4 is 5.91 Å². The number of amides is 1. The maximum atomic E-state index is 11.1. The Hall–Kier alpha value is -0.570. The van der Waals surface area contributed by atoms with E-state index < -0.39 is 0 Å². The third kappa shape index (κ3) is 6.16. The van der Waals surface area contributed by atoms with Crippen LogP contribution >= 0.6 is 0 Å². The fourth-order valence-electron chi connectivity index (χ4n) is 0.811. The second-order valence-corrected chi connectivity index (χ2v) is 3.60. The molecule has 0 radical (unpaired) electrons. The quantitative estimate of drug-likeness (QED) is 0.630. The number of nitrogens with one attached hydrogen (secondary N) is 1. The van der Waals surface area contributed by atoms with E-state index in [-0.39, 0.29) is 13.3 Å². The number of carbonyl (C=O) groups is 1. The molecule has 0 atom stereocenters. The van der Waals surface area contributed by atoms with Gasteiger partial charge < -0.3 is 10.2 Å². The molecule has 1 N–H and O–H groups in total. The van der Waals surface area contributed by atoms with E-state index in [1.807, 2.05) is 27.9 Å². The van der Waals surface area contributed by atoms with Gasteiger partial charge in [0.25, 0.3) is 0 Å². The maximum Gasteiger partial charge on any atom is 0.222 e. The molecule has 3 heteroatoms. The van der Waals surface area contributed by atoms with Gasteiger partial charge >= 0.3 is 0 Å². The van der Waals surface area contributed by atoms with E-state index in [9.17, 15) is 4.79 Å². The van der Waals surface area contributed by atoms with Crippen LogP contribution < -0.4 is 5.32 Å². The fourth-order valence-corrected chi connectivity index (χ4v) is 0.811. The van der Waals surface area contributed by atoms with Gasteiger partial charge in [0.05, 0.1) is 0 Å². The summed E-state index contributed by atoms with van der Waals surface area (Å²) >= 11 is 0. The van der Waals surface area contributed by atoms with Crippen LogP contribution in [0.2, 0.25) is 0 Å². The van der Waals surface area contributed by atoms with E-state index in [0.29, 0.717) is 0 Å². The van der Waals surface area contributed by atoms with Gasteiger partial charge in [-0.05, 0) is 27.1 Å². The minimum absolute atomic E-state index is 0. The van der Waals surface area contributed by atoms with Crippen LogP contribution in [0.1, 0.15) is 21.7 Å². The van der Waals surface area contributed by atoms with Crippen LogP contribution in [0.4, 0.5) is 0 Å². The Labute approximate surface area is 76.6 Å². The molecule has 0 aliphatic carbocycles. The van der Waals surface area contributed by atoms with Crippen molar-refractivity contribution < 1.29 is 6.22 Å². The summed E-state index contributed by atoms with van der Waals surface area (Å²) in [6, 6.07) is 0. The summed E-state index contributed by atoms with van der Waals surface area (Å²) in [6.07, 6.45) is 1.02. The Bertz CT molecular complexity index is 138. The smallest absolute Gasteiger partial charge is 0.222 e. The van der Waals surface area contributed by atoms with Crippen molar-refractivity contribution in [2.45, 2.75) is 20.3 Å². The summed E-state index contributed by atoms with van der Waals surface area (Å²) in [7, 11) is 4.06. The molecule has 0 saturated heterocycles. The fraction of sp³-hybridized carbons (Fsp3) is 0.889. The van der Waals surface area contributed by atoms with Gasteiger partial charge in [-0.15, -0.1) is 0 Å². The average Bonchev–Trinajstić information content (AvgIpc) is 1.97. The number of carbonyl (C=O) groups excluding carboxylic acids is 1. The molecular formula is C9H22N2O. The second-order valence-electron chi connectivity index (χ2n) is 3.60. The zero-order chi connectivity index (χ0) is 9.56. The maximum absolute atomic E-state index is 11.1. The van der Waals surface area contributed by atoms with Crippen molar-refractivity contribution in [2.24, 2.45) is 5.92 Å². The van der Waals surface area contributed by atoms with Crippen LogP contribution in [-0.2, 0) is 4.79 Å². The lowest BCUT2D eigenvalue weighted by Gasteiger charge is -2.10. The number of rotatable bonds is 5. The number of hydrogen-bond acceptors (Lipinski definition) is 2. The lowest BCUT2D eigenvalue weighted by molar-refractivity contribution is -0.123. The van der Waals surface area contributed by atoms with Gasteiger partial charge in [0, 0.05) is 13.9 Å². The van der Waals surface area contributed by atoms with E-state index >= 15 is 0 Å². The minimum atomic E-state index is 0. The molecule has 74 valence electrons. The van der Waals surface area contributed by atoms with Crippen LogP contribution in [-0.4, -0.2) is 38.0 Å². The molecule has 0 aromatic carbocycles. The zero-order valence-corrected chi connectivity index (χ0v) is 8.55. The molecule has 0 fully saturated rings. The summed E-state index contributed by atoms with van der Waals surface area (Å²) in [4.78, 5) is 13.2. The Morgan fingerprint density at radius 2 is 2.08 bits per heavy atom. The molecular weight excluding hydrogens is 152 g/mol. The Kier molecular flexibility index (Phi) is 5.72. The van der Waals surface area contributed by atoms with Gasteiger partial charge in [-0.1, -0.05) is 13.8 Å². The highest BCUT2D eigenvalue weighted by Gasteiger charge is 2.04. The molecule has 0 spiro atoms. The summed E-state index contributed by atoms with van der Waals surface area (Å²) in [5, 5.41) is 2.87. The second kappa shape index (κ2) is 6.00. The van der Waals surface area contributed by atoms with Crippen LogP contribution in [0, 0.1) is 5.92 Å². The molecule has 3 nitrogen and oxygen atoms in total. The minimum Gasteiger partial charge on any atom is -0.356 e. The zero-order valence-electron chi connectivity index (χ0n) is 8.55. The first-order valence-electron chi connectivity index (χ1n) is 4.46. The van der Waals surface area contributed by atoms with Gasteiger partial charge in [-0.25, -0.2) is 0 Å². The molecule has 0 aliphatic heterocycles. The van der Waals surface area contributed by atoms with Crippen molar-refractivity contribution in [3.8, 4) is 0 Å². The lowest BCUT2D eigenvalue weighted by Crippen LogP contribution is -2.30. The standard InChI is InChI=1S/C9H20N2O.H2/c1-8(2)9(12)10-6-5-7-11(3)4;/h8H,5-7H2,1-4H3,(H,10,12);1H. The molecule has 0 heterocycles. The van der Waals surface area contributed by atoms with Crippen molar-refractivity contribution in [2.75, 3.05) is 27.2 Å². The predicted molar refractivity (Wildman–Crippen MR) is 53.1 cm³/mol. The van der Waals surface area contributed by atoms with Crippen molar-refractivity contribution in [1.82, 2.24) is 10.2 Å². The largest absolute Gasteiger partial charge is 0.356 e. The highest BCUT2D eigenvalue weighted by atomic mass is 16.1. The molecule has 0 bridgehead atoms. The predicted octanol–water partition coefficient (Wildman–Crippen LogP) is 0.956. The van der Waals surface area contributed by atoms with Gasteiger partial charge in [-0.2, -0.15) is 0 Å². The van der Waals surface area contributed by atoms with E-state index in [1.54, 1.807) is 0 Å². The lowest BCUT2D eigenvalue weighted by atomic mass is 10.2. The van der Waals surface area contributed by atoms with Gasteiger partial charge in [0.1, 0.15) is 0 Å². The first kappa shape index (κ1) is 11.4. The molecule has 1 amide bonds. The highest BCUT2D eigenvalue weighted by molar-refractivity contribution is 5.77. The first-order valence-corrected chi connectivity index (χ1v) is 4.46. The van der Waals surface area contributed by atoms with Crippen molar-refractivity contribution in [3.05, 3.63) is 0 Å². The Balaban J connectivity index is 0. The normalized spacial score (nSPS) is 10.8. The molecule has 0 aromatic heterocycles. The van der Waals surface area contributed by atoms with Gasteiger partial charge in [0.15, 0.2) is 0 Å². The Morgan fingerprint density at radius 3 is 2.50 bits per heavy atom. The monoisotopic (exact) mass is 174 g/mol. The summed E-state index contributed by atoms with van der Waals surface area (Å²) in [5.74, 6) is 0.248. The molecule has 12 heavy (non-hydrogen) atoms. The van der Waals surface area contributed by atoms with E-state index in [2.05, 4.69) is 10.2 Å². The molecule has 0 rings (SSSR count). The van der Waals surface area contributed by atoms with Crippen molar-refractivity contribution in [1.29, 1.82) is 0 Å². The van der Waals surface area contributed by atoms with Crippen LogP contribution in [0.25, 0.3) is 0 Å². The SMILES string of the molecule is CC(C)C(=O)NCCCN(C)C.[HH]. The first-order chi connectivity index (χ1) is 5.54. The Morgan fingerprint density at radius 1 is 1.50 bits per heavy atom. The van der Waals surface area contributed by atoms with Crippen LogP contribution in [0.5, 0.6) is 0 Å². The van der Waals surface area contributed by atoms with Crippen LogP contribution in [0.15, 0.2) is 0 Å². The average molecular weight is 174 g/mol. The topological polar surface area (TPSA) is 32.3 Å². The summed E-state index contributed by atoms with van der Waals surface area (Å²) in [5.41, 5.74) is 0. The number of nitrogens with zero attached hydrogens (tertiary/aromatic N) is 1. The third-order valence-corrected chi connectivity index (χ3v) is 1.61. The van der Waals surface area contributed by atoms with Crippen LogP contribution in [0.3, 0.4) is 0 Å².